The lowest BCUT2D eigenvalue weighted by molar-refractivity contribution is -0.144. The van der Waals surface area contributed by atoms with E-state index in [2.05, 4.69) is 19.2 Å². The molecule has 2 atom stereocenters. The highest BCUT2D eigenvalue weighted by Gasteiger charge is 2.30. The number of carbonyl (C=O) groups is 4. The molecule has 0 bridgehead atoms. The van der Waals surface area contributed by atoms with E-state index < -0.39 is 12.1 Å². The summed E-state index contributed by atoms with van der Waals surface area (Å²) in [6.07, 6.45) is 1.73. The van der Waals surface area contributed by atoms with Crippen molar-refractivity contribution in [2.75, 3.05) is 20.6 Å². The van der Waals surface area contributed by atoms with E-state index >= 15 is 0 Å². The molecule has 0 aromatic carbocycles. The smallest absolute Gasteiger partial charge is 0.245 e. The molecule has 0 heterocycles. The molecule has 0 aromatic heterocycles. The zero-order valence-corrected chi connectivity index (χ0v) is 17.8. The molecule has 0 aliphatic heterocycles. The minimum atomic E-state index is -0.677. The van der Waals surface area contributed by atoms with Crippen molar-refractivity contribution in [2.45, 2.75) is 67.0 Å². The zero-order chi connectivity index (χ0) is 21.0. The minimum Gasteiger partial charge on any atom is -0.347 e. The first-order valence-corrected chi connectivity index (χ1v) is 9.16. The monoisotopic (exact) mass is 371 g/mol. The Balaban J connectivity index is 0. The van der Waals surface area contributed by atoms with Gasteiger partial charge in [-0.3, -0.25) is 19.2 Å². The fourth-order valence-electron chi connectivity index (χ4n) is 2.60. The van der Waals surface area contributed by atoms with E-state index in [1.807, 2.05) is 27.7 Å². The minimum absolute atomic E-state index is 0.0115. The molecule has 3 amide bonds. The fraction of sp³-hybridized carbons (Fsp3) is 0.789. The van der Waals surface area contributed by atoms with Gasteiger partial charge in [0.1, 0.15) is 6.04 Å². The summed E-state index contributed by atoms with van der Waals surface area (Å²) in [5.41, 5.74) is 0. The van der Waals surface area contributed by atoms with Gasteiger partial charge in [0.2, 0.25) is 18.2 Å². The first-order chi connectivity index (χ1) is 12.0. The van der Waals surface area contributed by atoms with Gasteiger partial charge in [-0.2, -0.15) is 0 Å². The lowest BCUT2D eigenvalue weighted by Crippen LogP contribution is -2.52. The zero-order valence-electron chi connectivity index (χ0n) is 17.8. The van der Waals surface area contributed by atoms with Crippen molar-refractivity contribution in [3.05, 3.63) is 0 Å². The molecule has 0 radical (unpaired) electrons. The molecule has 2 unspecified atom stereocenters. The van der Waals surface area contributed by atoms with Crippen LogP contribution in [0.2, 0.25) is 0 Å². The van der Waals surface area contributed by atoms with Crippen LogP contribution in [0.1, 0.15) is 54.9 Å². The predicted molar refractivity (Wildman–Crippen MR) is 104 cm³/mol. The molecule has 0 fully saturated rings. The number of carbonyl (C=O) groups excluding carboxylic acids is 4. The molecule has 0 saturated carbocycles. The highest BCUT2D eigenvalue weighted by molar-refractivity contribution is 5.91. The Labute approximate surface area is 158 Å². The maximum Gasteiger partial charge on any atom is 0.245 e. The molecule has 26 heavy (non-hydrogen) atoms. The summed E-state index contributed by atoms with van der Waals surface area (Å²) in [5.74, 6) is -0.847. The van der Waals surface area contributed by atoms with E-state index in [4.69, 9.17) is 0 Å². The van der Waals surface area contributed by atoms with Crippen LogP contribution in [0, 0.1) is 11.8 Å². The van der Waals surface area contributed by atoms with Crippen LogP contribution >= 0.6 is 0 Å². The summed E-state index contributed by atoms with van der Waals surface area (Å²) in [4.78, 5) is 49.7. The number of amides is 3. The van der Waals surface area contributed by atoms with Gasteiger partial charge in [0.25, 0.3) is 0 Å². The quantitative estimate of drug-likeness (QED) is 0.625. The van der Waals surface area contributed by atoms with Crippen molar-refractivity contribution in [1.82, 2.24) is 15.1 Å². The maximum absolute atomic E-state index is 12.3. The van der Waals surface area contributed by atoms with Gasteiger partial charge in [0.15, 0.2) is 5.78 Å². The molecule has 7 heteroatoms. The highest BCUT2D eigenvalue weighted by atomic mass is 16.2. The van der Waals surface area contributed by atoms with Crippen molar-refractivity contribution in [3.8, 4) is 0 Å². The number of nitrogens with zero attached hydrogens (tertiary/aromatic N) is 2. The third-order valence-corrected chi connectivity index (χ3v) is 3.79. The van der Waals surface area contributed by atoms with E-state index in [9.17, 15) is 19.2 Å². The standard InChI is InChI=1S/C16H29N3O4.C3H8/c1-10(2)14(17-9-20)16(23)18(6)8-13(22)19(7)15(11(3)4)12(5)21;1-3-2/h9-11,14-15H,8H2,1-7H3,(H,17,20);3H2,1-2H3. The van der Waals surface area contributed by atoms with Gasteiger partial charge in [-0.25, -0.2) is 0 Å². The molecule has 0 aromatic rings. The largest absolute Gasteiger partial charge is 0.347 e. The highest BCUT2D eigenvalue weighted by Crippen LogP contribution is 2.11. The van der Waals surface area contributed by atoms with Crippen LogP contribution in [0.15, 0.2) is 0 Å². The molecular weight excluding hydrogens is 334 g/mol. The molecule has 0 spiro atoms. The molecule has 0 aliphatic rings. The topological polar surface area (TPSA) is 86.8 Å². The Hall–Kier alpha value is -1.92. The van der Waals surface area contributed by atoms with Crippen LogP contribution in [-0.2, 0) is 19.2 Å². The summed E-state index contributed by atoms with van der Waals surface area (Å²) in [5, 5.41) is 2.47. The lowest BCUT2D eigenvalue weighted by Gasteiger charge is -2.31. The van der Waals surface area contributed by atoms with Crippen molar-refractivity contribution < 1.29 is 19.2 Å². The Morgan fingerprint density at radius 2 is 1.46 bits per heavy atom. The number of nitrogens with one attached hydrogen (secondary N) is 1. The first-order valence-electron chi connectivity index (χ1n) is 9.16. The van der Waals surface area contributed by atoms with E-state index in [1.165, 1.54) is 30.2 Å². The molecule has 0 saturated heterocycles. The van der Waals surface area contributed by atoms with Gasteiger partial charge in [-0.1, -0.05) is 48.0 Å². The van der Waals surface area contributed by atoms with E-state index in [0.717, 1.165) is 0 Å². The number of likely N-dealkylation sites (N-methyl/N-ethyl adjacent to an activating group) is 2. The summed E-state index contributed by atoms with van der Waals surface area (Å²) in [7, 11) is 3.07. The Bertz CT molecular complexity index is 464. The van der Waals surface area contributed by atoms with Crippen LogP contribution in [0.5, 0.6) is 0 Å². The van der Waals surface area contributed by atoms with Crippen molar-refractivity contribution in [2.24, 2.45) is 11.8 Å². The lowest BCUT2D eigenvalue weighted by atomic mass is 9.99. The molecular formula is C19H37N3O4. The fourth-order valence-corrected chi connectivity index (χ4v) is 2.60. The van der Waals surface area contributed by atoms with Gasteiger partial charge in [0.05, 0.1) is 12.6 Å². The molecule has 152 valence electrons. The Morgan fingerprint density at radius 3 is 1.77 bits per heavy atom. The van der Waals surface area contributed by atoms with Crippen LogP contribution in [-0.4, -0.2) is 66.5 Å². The third-order valence-electron chi connectivity index (χ3n) is 3.79. The van der Waals surface area contributed by atoms with E-state index in [0.29, 0.717) is 6.41 Å². The van der Waals surface area contributed by atoms with Gasteiger partial charge in [-0.05, 0) is 18.8 Å². The average molecular weight is 372 g/mol. The normalized spacial score (nSPS) is 12.6. The molecule has 0 aliphatic carbocycles. The van der Waals surface area contributed by atoms with Crippen LogP contribution in [0.3, 0.4) is 0 Å². The Kier molecular flexibility index (Phi) is 13.5. The second-order valence-corrected chi connectivity index (χ2v) is 7.21. The summed E-state index contributed by atoms with van der Waals surface area (Å²) in [6.45, 7) is 12.9. The number of ketones is 1. The van der Waals surface area contributed by atoms with Gasteiger partial charge < -0.3 is 15.1 Å². The third kappa shape index (κ3) is 8.97. The van der Waals surface area contributed by atoms with Crippen LogP contribution in [0.25, 0.3) is 0 Å². The summed E-state index contributed by atoms with van der Waals surface area (Å²) < 4.78 is 0. The number of Topliss-reactive ketones (excluding diaryl/α,β-unsaturated/α-hetero) is 1. The number of hydrogen-bond donors (Lipinski definition) is 1. The average Bonchev–Trinajstić information content (AvgIpc) is 2.51. The van der Waals surface area contributed by atoms with Gasteiger partial charge >= 0.3 is 0 Å². The van der Waals surface area contributed by atoms with Crippen molar-refractivity contribution in [3.63, 3.8) is 0 Å². The predicted octanol–water partition coefficient (Wildman–Crippen LogP) is 1.70. The SMILES string of the molecule is CC(=O)C(C(C)C)N(C)C(=O)CN(C)C(=O)C(NC=O)C(C)C.CCC. The number of rotatable bonds is 9. The summed E-state index contributed by atoms with van der Waals surface area (Å²) in [6, 6.07) is -1.19. The summed E-state index contributed by atoms with van der Waals surface area (Å²) >= 11 is 0. The second-order valence-electron chi connectivity index (χ2n) is 7.21. The van der Waals surface area contributed by atoms with Crippen molar-refractivity contribution >= 4 is 24.0 Å². The molecule has 7 nitrogen and oxygen atoms in total. The second kappa shape index (κ2) is 13.3. The van der Waals surface area contributed by atoms with E-state index in [1.54, 1.807) is 7.05 Å². The van der Waals surface area contributed by atoms with Crippen molar-refractivity contribution in [1.29, 1.82) is 0 Å². The van der Waals surface area contributed by atoms with Gasteiger partial charge in [0, 0.05) is 14.1 Å². The molecule has 0 rings (SSSR count). The maximum atomic E-state index is 12.3. The van der Waals surface area contributed by atoms with Crippen LogP contribution in [0.4, 0.5) is 0 Å². The first kappa shape index (κ1) is 26.3. The Morgan fingerprint density at radius 1 is 1.00 bits per heavy atom. The van der Waals surface area contributed by atoms with Crippen LogP contribution < -0.4 is 5.32 Å². The van der Waals surface area contributed by atoms with Gasteiger partial charge in [-0.15, -0.1) is 0 Å². The van der Waals surface area contributed by atoms with E-state index in [-0.39, 0.29) is 36.0 Å². The number of hydrogen-bond acceptors (Lipinski definition) is 4. The molecule has 1 N–H and O–H groups in total.